The highest BCUT2D eigenvalue weighted by Gasteiger charge is 2.14. The van der Waals surface area contributed by atoms with Gasteiger partial charge in [0.1, 0.15) is 5.82 Å². The van der Waals surface area contributed by atoms with Gasteiger partial charge in [0.05, 0.1) is 23.7 Å². The lowest BCUT2D eigenvalue weighted by molar-refractivity contribution is 0.0601. The third-order valence-electron chi connectivity index (χ3n) is 4.14. The van der Waals surface area contributed by atoms with Crippen molar-refractivity contribution in [3.8, 4) is 17.1 Å². The van der Waals surface area contributed by atoms with E-state index < -0.39 is 0 Å². The second kappa shape index (κ2) is 6.24. The van der Waals surface area contributed by atoms with Crippen LogP contribution in [-0.4, -0.2) is 22.6 Å². The van der Waals surface area contributed by atoms with Crippen LogP contribution in [0.25, 0.3) is 28.1 Å². The van der Waals surface area contributed by atoms with Gasteiger partial charge in [-0.15, -0.1) is 0 Å². The van der Waals surface area contributed by atoms with Gasteiger partial charge in [0.15, 0.2) is 0 Å². The number of nitrogens with zero attached hydrogens (tertiary/aromatic N) is 2. The zero-order valence-electron chi connectivity index (χ0n) is 13.7. The number of methoxy groups -OCH3 is 1. The average molecular weight is 328 g/mol. The first-order valence-corrected chi connectivity index (χ1v) is 7.99. The van der Waals surface area contributed by atoms with E-state index >= 15 is 0 Å². The fourth-order valence-corrected chi connectivity index (χ4v) is 2.93. The van der Waals surface area contributed by atoms with E-state index in [0.29, 0.717) is 5.56 Å². The lowest BCUT2D eigenvalue weighted by atomic mass is 10.1. The van der Waals surface area contributed by atoms with Gasteiger partial charge >= 0.3 is 5.97 Å². The van der Waals surface area contributed by atoms with Crippen LogP contribution >= 0.6 is 0 Å². The number of hydrogen-bond acceptors (Lipinski definition) is 3. The molecule has 122 valence electrons. The van der Waals surface area contributed by atoms with Crippen LogP contribution in [0.1, 0.15) is 10.4 Å². The van der Waals surface area contributed by atoms with Gasteiger partial charge in [0.25, 0.3) is 0 Å². The van der Waals surface area contributed by atoms with Crippen molar-refractivity contribution < 1.29 is 9.53 Å². The summed E-state index contributed by atoms with van der Waals surface area (Å²) in [5, 5.41) is 0. The Morgan fingerprint density at radius 1 is 0.880 bits per heavy atom. The molecule has 0 aliphatic rings. The van der Waals surface area contributed by atoms with Crippen LogP contribution in [0.15, 0.2) is 78.9 Å². The van der Waals surface area contributed by atoms with Crippen molar-refractivity contribution in [3.63, 3.8) is 0 Å². The number of fused-ring (bicyclic) bond motifs is 1. The van der Waals surface area contributed by atoms with E-state index in [9.17, 15) is 4.79 Å². The summed E-state index contributed by atoms with van der Waals surface area (Å²) >= 11 is 0. The highest BCUT2D eigenvalue weighted by atomic mass is 16.5. The van der Waals surface area contributed by atoms with Gasteiger partial charge < -0.3 is 4.74 Å². The summed E-state index contributed by atoms with van der Waals surface area (Å²) in [6.45, 7) is 0. The molecule has 1 heterocycles. The second-order valence-corrected chi connectivity index (χ2v) is 5.66. The molecular weight excluding hydrogens is 312 g/mol. The molecule has 1 aromatic heterocycles. The SMILES string of the molecule is COC(=O)c1ccc(-c2nc3ccccc3n2-c2ccccc2)cc1. The molecule has 0 atom stereocenters. The maximum Gasteiger partial charge on any atom is 0.337 e. The third kappa shape index (κ3) is 2.68. The van der Waals surface area contributed by atoms with Gasteiger partial charge in [-0.3, -0.25) is 4.57 Å². The first-order valence-electron chi connectivity index (χ1n) is 7.99. The molecule has 0 spiro atoms. The Hall–Kier alpha value is -3.40. The van der Waals surface area contributed by atoms with Crippen LogP contribution < -0.4 is 0 Å². The molecule has 0 aliphatic heterocycles. The van der Waals surface area contributed by atoms with Crippen LogP contribution in [-0.2, 0) is 4.74 Å². The van der Waals surface area contributed by atoms with Crippen molar-refractivity contribution in [1.29, 1.82) is 0 Å². The Bertz CT molecular complexity index is 1030. The topological polar surface area (TPSA) is 44.1 Å². The second-order valence-electron chi connectivity index (χ2n) is 5.66. The lowest BCUT2D eigenvalue weighted by Gasteiger charge is -2.09. The fourth-order valence-electron chi connectivity index (χ4n) is 2.93. The quantitative estimate of drug-likeness (QED) is 0.521. The Balaban J connectivity index is 1.91. The monoisotopic (exact) mass is 328 g/mol. The zero-order valence-corrected chi connectivity index (χ0v) is 13.7. The molecule has 3 aromatic carbocycles. The Morgan fingerprint density at radius 2 is 1.56 bits per heavy atom. The number of esters is 1. The van der Waals surface area contributed by atoms with Crippen LogP contribution in [0.3, 0.4) is 0 Å². The first kappa shape index (κ1) is 15.1. The minimum Gasteiger partial charge on any atom is -0.465 e. The molecule has 0 radical (unpaired) electrons. The predicted octanol–water partition coefficient (Wildman–Crippen LogP) is 4.48. The molecule has 0 saturated carbocycles. The molecule has 0 fully saturated rings. The number of hydrogen-bond donors (Lipinski definition) is 0. The number of imidazole rings is 1. The lowest BCUT2D eigenvalue weighted by Crippen LogP contribution is -2.01. The minimum absolute atomic E-state index is 0.344. The summed E-state index contributed by atoms with van der Waals surface area (Å²) in [5.41, 5.74) is 4.48. The summed E-state index contributed by atoms with van der Waals surface area (Å²) in [7, 11) is 1.38. The fraction of sp³-hybridized carbons (Fsp3) is 0.0476. The van der Waals surface area contributed by atoms with Crippen LogP contribution in [0.2, 0.25) is 0 Å². The van der Waals surface area contributed by atoms with E-state index in [2.05, 4.69) is 22.8 Å². The molecule has 0 bridgehead atoms. The summed E-state index contributed by atoms with van der Waals surface area (Å²) in [4.78, 5) is 16.4. The zero-order chi connectivity index (χ0) is 17.2. The number of carbonyl (C=O) groups excluding carboxylic acids is 1. The van der Waals surface area contributed by atoms with Crippen molar-refractivity contribution in [2.45, 2.75) is 0 Å². The van der Waals surface area contributed by atoms with E-state index in [4.69, 9.17) is 9.72 Å². The van der Waals surface area contributed by atoms with Gasteiger partial charge in [-0.05, 0) is 36.4 Å². The van der Waals surface area contributed by atoms with Gasteiger partial charge in [-0.25, -0.2) is 9.78 Å². The number of aromatic nitrogens is 2. The van der Waals surface area contributed by atoms with Crippen molar-refractivity contribution >= 4 is 17.0 Å². The minimum atomic E-state index is -0.344. The van der Waals surface area contributed by atoms with Crippen LogP contribution in [0.5, 0.6) is 0 Å². The van der Waals surface area contributed by atoms with Gasteiger partial charge in [0.2, 0.25) is 0 Å². The Kier molecular flexibility index (Phi) is 3.78. The molecule has 4 nitrogen and oxygen atoms in total. The average Bonchev–Trinajstić information content (AvgIpc) is 3.07. The summed E-state index contributed by atoms with van der Waals surface area (Å²) in [6, 6.07) is 25.5. The largest absolute Gasteiger partial charge is 0.465 e. The van der Waals surface area contributed by atoms with Crippen molar-refractivity contribution in [2.24, 2.45) is 0 Å². The van der Waals surface area contributed by atoms with E-state index in [1.54, 1.807) is 12.1 Å². The molecule has 0 aliphatic carbocycles. The van der Waals surface area contributed by atoms with Gasteiger partial charge in [0, 0.05) is 11.3 Å². The summed E-state index contributed by atoms with van der Waals surface area (Å²) in [6.07, 6.45) is 0. The molecule has 25 heavy (non-hydrogen) atoms. The maximum absolute atomic E-state index is 11.6. The molecule has 4 rings (SSSR count). The number of para-hydroxylation sites is 3. The van der Waals surface area contributed by atoms with Crippen molar-refractivity contribution in [1.82, 2.24) is 9.55 Å². The highest BCUT2D eigenvalue weighted by molar-refractivity contribution is 5.90. The first-order chi connectivity index (χ1) is 12.3. The molecule has 0 saturated heterocycles. The summed E-state index contributed by atoms with van der Waals surface area (Å²) < 4.78 is 6.89. The van der Waals surface area contributed by atoms with E-state index in [1.165, 1.54) is 7.11 Å². The Morgan fingerprint density at radius 3 is 2.28 bits per heavy atom. The molecule has 4 aromatic rings. The van der Waals surface area contributed by atoms with Crippen LogP contribution in [0.4, 0.5) is 0 Å². The van der Waals surface area contributed by atoms with Crippen molar-refractivity contribution in [3.05, 3.63) is 84.4 Å². The van der Waals surface area contributed by atoms with Gasteiger partial charge in [-0.1, -0.05) is 42.5 Å². The third-order valence-corrected chi connectivity index (χ3v) is 4.14. The maximum atomic E-state index is 11.6. The molecule has 0 unspecified atom stereocenters. The highest BCUT2D eigenvalue weighted by Crippen LogP contribution is 2.28. The Labute approximate surface area is 145 Å². The molecular formula is C21H16N2O2. The number of rotatable bonds is 3. The van der Waals surface area contributed by atoms with Gasteiger partial charge in [-0.2, -0.15) is 0 Å². The van der Waals surface area contributed by atoms with Crippen molar-refractivity contribution in [2.75, 3.05) is 7.11 Å². The van der Waals surface area contributed by atoms with E-state index in [0.717, 1.165) is 28.1 Å². The van der Waals surface area contributed by atoms with Crippen LogP contribution in [0, 0.1) is 0 Å². The van der Waals surface area contributed by atoms with E-state index in [1.807, 2.05) is 48.5 Å². The molecule has 4 heteroatoms. The van der Waals surface area contributed by atoms with E-state index in [-0.39, 0.29) is 5.97 Å². The number of carbonyl (C=O) groups is 1. The summed E-state index contributed by atoms with van der Waals surface area (Å²) in [5.74, 6) is 0.493. The normalized spacial score (nSPS) is 10.8. The predicted molar refractivity (Wildman–Crippen MR) is 97.8 cm³/mol. The molecule has 0 amide bonds. The molecule has 0 N–H and O–H groups in total. The number of ether oxygens (including phenoxy) is 1. The number of benzene rings is 3. The smallest absolute Gasteiger partial charge is 0.337 e. The standard InChI is InChI=1S/C21H16N2O2/c1-25-21(24)16-13-11-15(12-14-16)20-22-18-9-5-6-10-19(18)23(20)17-7-3-2-4-8-17/h2-14H,1H3.